The van der Waals surface area contributed by atoms with Gasteiger partial charge in [0.15, 0.2) is 0 Å². The number of anilines is 1. The number of fused-ring (bicyclic) bond motifs is 1. The first-order chi connectivity index (χ1) is 16.5. The van der Waals surface area contributed by atoms with Crippen molar-refractivity contribution in [2.45, 2.75) is 57.7 Å². The van der Waals surface area contributed by atoms with Gasteiger partial charge in [-0.15, -0.1) is 0 Å². The normalized spacial score (nSPS) is 18.6. The lowest BCUT2D eigenvalue weighted by Crippen LogP contribution is -2.38. The number of aromatic nitrogens is 2. The lowest BCUT2D eigenvalue weighted by molar-refractivity contribution is 0.0505. The SMILES string of the molecule is CC(C)(C)OC(=O)N[C@H]1CC[C@@H](Nc2c(/C(N)=N/c3c(F)cccc3Cl)cnn3cc(Br)cc23)C1. The first kappa shape index (κ1) is 25.2. The smallest absolute Gasteiger partial charge is 0.407 e. The Morgan fingerprint density at radius 2 is 2.09 bits per heavy atom. The van der Waals surface area contributed by atoms with Crippen LogP contribution in [0.25, 0.3) is 5.52 Å². The van der Waals surface area contributed by atoms with E-state index in [0.29, 0.717) is 17.7 Å². The summed E-state index contributed by atoms with van der Waals surface area (Å²) < 4.78 is 22.3. The number of aliphatic imine (C=N–C) groups is 1. The van der Waals surface area contributed by atoms with Crippen molar-refractivity contribution in [2.75, 3.05) is 5.32 Å². The van der Waals surface area contributed by atoms with Gasteiger partial charge in [0.1, 0.15) is 22.9 Å². The Labute approximate surface area is 216 Å². The van der Waals surface area contributed by atoms with E-state index in [1.807, 2.05) is 33.0 Å². The molecule has 0 unspecified atom stereocenters. The largest absolute Gasteiger partial charge is 0.444 e. The number of nitrogens with one attached hydrogen (secondary N) is 2. The van der Waals surface area contributed by atoms with Gasteiger partial charge >= 0.3 is 6.09 Å². The highest BCUT2D eigenvalue weighted by molar-refractivity contribution is 9.10. The molecular formula is C24H27BrClFN6O2. The minimum atomic E-state index is -0.568. The summed E-state index contributed by atoms with van der Waals surface area (Å²) in [4.78, 5) is 16.5. The Bertz CT molecular complexity index is 1270. The Morgan fingerprint density at radius 1 is 1.34 bits per heavy atom. The fourth-order valence-electron chi connectivity index (χ4n) is 4.07. The maximum Gasteiger partial charge on any atom is 0.407 e. The fraction of sp³-hybridized carbons (Fsp3) is 0.375. The van der Waals surface area contributed by atoms with Gasteiger partial charge < -0.3 is 21.1 Å². The Balaban J connectivity index is 1.61. The van der Waals surface area contributed by atoms with Crippen LogP contribution in [0.4, 0.5) is 20.6 Å². The summed E-state index contributed by atoms with van der Waals surface area (Å²) in [6, 6.07) is 6.28. The summed E-state index contributed by atoms with van der Waals surface area (Å²) in [6.07, 6.45) is 5.31. The van der Waals surface area contributed by atoms with Crippen LogP contribution in [-0.2, 0) is 4.74 Å². The zero-order chi connectivity index (χ0) is 25.3. The molecular weight excluding hydrogens is 539 g/mol. The lowest BCUT2D eigenvalue weighted by Gasteiger charge is -2.22. The van der Waals surface area contributed by atoms with Gasteiger partial charge in [-0.25, -0.2) is 18.7 Å². The van der Waals surface area contributed by atoms with E-state index in [2.05, 4.69) is 36.7 Å². The van der Waals surface area contributed by atoms with Crippen LogP contribution >= 0.6 is 27.5 Å². The zero-order valence-corrected chi connectivity index (χ0v) is 22.0. The van der Waals surface area contributed by atoms with E-state index in [4.69, 9.17) is 22.1 Å². The molecule has 0 spiro atoms. The second kappa shape index (κ2) is 10.0. The molecule has 0 bridgehead atoms. The van der Waals surface area contributed by atoms with Gasteiger partial charge in [0.2, 0.25) is 0 Å². The number of hydrogen-bond acceptors (Lipinski definition) is 5. The molecule has 0 aliphatic heterocycles. The highest BCUT2D eigenvalue weighted by Gasteiger charge is 2.29. The molecule has 8 nitrogen and oxygen atoms in total. The molecule has 0 radical (unpaired) electrons. The molecule has 35 heavy (non-hydrogen) atoms. The second-order valence-corrected chi connectivity index (χ2v) is 10.8. The van der Waals surface area contributed by atoms with Crippen LogP contribution in [0.5, 0.6) is 0 Å². The molecule has 2 atom stereocenters. The van der Waals surface area contributed by atoms with Crippen molar-refractivity contribution < 1.29 is 13.9 Å². The molecule has 4 N–H and O–H groups in total. The molecule has 186 valence electrons. The number of halogens is 3. The van der Waals surface area contributed by atoms with Crippen LogP contribution in [0.3, 0.4) is 0 Å². The van der Waals surface area contributed by atoms with Crippen molar-refractivity contribution in [1.29, 1.82) is 0 Å². The number of carbonyl (C=O) groups is 1. The standard InChI is InChI=1S/C24H27BrClFN6O2/c1-24(2,3)35-23(34)31-15-8-7-14(10-15)30-20-16(11-29-33-12-13(25)9-19(20)33)22(28)32-21-17(26)5-4-6-18(21)27/h4-6,9,11-12,14-15,30H,7-8,10H2,1-3H3,(H2,28,32)(H,31,34)/t14-,15+/m1/s1. The highest BCUT2D eigenvalue weighted by atomic mass is 79.9. The molecule has 3 aromatic rings. The number of nitrogens with two attached hydrogens (primary N) is 1. The van der Waals surface area contributed by atoms with Gasteiger partial charge in [0.25, 0.3) is 0 Å². The molecule has 4 rings (SSSR count). The molecule has 1 aliphatic rings. The van der Waals surface area contributed by atoms with Crippen LogP contribution in [0.15, 0.2) is 46.1 Å². The summed E-state index contributed by atoms with van der Waals surface area (Å²) in [6.45, 7) is 5.49. The van der Waals surface area contributed by atoms with E-state index in [9.17, 15) is 9.18 Å². The van der Waals surface area contributed by atoms with Crippen molar-refractivity contribution in [3.05, 3.63) is 57.5 Å². The molecule has 2 aromatic heterocycles. The molecule has 1 amide bonds. The molecule has 1 saturated carbocycles. The number of amides is 1. The average molecular weight is 566 g/mol. The third kappa shape index (κ3) is 6.05. The predicted molar refractivity (Wildman–Crippen MR) is 139 cm³/mol. The number of rotatable bonds is 5. The van der Waals surface area contributed by atoms with Crippen molar-refractivity contribution in [1.82, 2.24) is 14.9 Å². The summed E-state index contributed by atoms with van der Waals surface area (Å²) in [5, 5.41) is 11.1. The maximum atomic E-state index is 14.3. The van der Waals surface area contributed by atoms with Crippen molar-refractivity contribution in [3.8, 4) is 0 Å². The topological polar surface area (TPSA) is 106 Å². The number of carbonyl (C=O) groups excluding carboxylic acids is 1. The first-order valence-corrected chi connectivity index (χ1v) is 12.4. The minimum absolute atomic E-state index is 0.0228. The monoisotopic (exact) mass is 564 g/mol. The summed E-state index contributed by atoms with van der Waals surface area (Å²) in [5.74, 6) is -0.491. The van der Waals surface area contributed by atoms with Crippen molar-refractivity contribution in [2.24, 2.45) is 10.7 Å². The van der Waals surface area contributed by atoms with Crippen LogP contribution in [0.2, 0.25) is 5.02 Å². The number of benzene rings is 1. The minimum Gasteiger partial charge on any atom is -0.444 e. The number of nitrogens with zero attached hydrogens (tertiary/aromatic N) is 3. The first-order valence-electron chi connectivity index (χ1n) is 11.2. The number of ether oxygens (including phenoxy) is 1. The fourth-order valence-corrected chi connectivity index (χ4v) is 4.69. The van der Waals surface area contributed by atoms with E-state index in [1.54, 1.807) is 16.8 Å². The molecule has 11 heteroatoms. The van der Waals surface area contributed by atoms with Gasteiger partial charge in [-0.05, 0) is 74.2 Å². The summed E-state index contributed by atoms with van der Waals surface area (Å²) >= 11 is 9.63. The molecule has 1 aromatic carbocycles. The summed E-state index contributed by atoms with van der Waals surface area (Å²) in [7, 11) is 0. The zero-order valence-electron chi connectivity index (χ0n) is 19.6. The number of amidine groups is 1. The highest BCUT2D eigenvalue weighted by Crippen LogP contribution is 2.32. The number of alkyl carbamates (subject to hydrolysis) is 1. The van der Waals surface area contributed by atoms with E-state index < -0.39 is 17.5 Å². The van der Waals surface area contributed by atoms with E-state index >= 15 is 0 Å². The maximum absolute atomic E-state index is 14.3. The Hall–Kier alpha value is -2.85. The Kier molecular flexibility index (Phi) is 7.23. The van der Waals surface area contributed by atoms with Gasteiger partial charge in [0, 0.05) is 22.8 Å². The van der Waals surface area contributed by atoms with Crippen LogP contribution < -0.4 is 16.4 Å². The molecule has 2 heterocycles. The quantitative estimate of drug-likeness (QED) is 0.268. The average Bonchev–Trinajstić information content (AvgIpc) is 3.35. The van der Waals surface area contributed by atoms with Crippen molar-refractivity contribution in [3.63, 3.8) is 0 Å². The van der Waals surface area contributed by atoms with Crippen molar-refractivity contribution >= 4 is 56.4 Å². The predicted octanol–water partition coefficient (Wildman–Crippen LogP) is 5.78. The number of hydrogen-bond donors (Lipinski definition) is 3. The van der Waals surface area contributed by atoms with Crippen LogP contribution in [0.1, 0.15) is 45.6 Å². The number of para-hydroxylation sites is 1. The van der Waals surface area contributed by atoms with Gasteiger partial charge in [-0.1, -0.05) is 17.7 Å². The third-order valence-corrected chi connectivity index (χ3v) is 6.29. The van der Waals surface area contributed by atoms with Crippen LogP contribution in [0, 0.1) is 5.82 Å². The van der Waals surface area contributed by atoms with Gasteiger partial charge in [-0.3, -0.25) is 0 Å². The van der Waals surface area contributed by atoms with E-state index in [-0.39, 0.29) is 28.6 Å². The Morgan fingerprint density at radius 3 is 2.80 bits per heavy atom. The van der Waals surface area contributed by atoms with E-state index in [1.165, 1.54) is 12.1 Å². The van der Waals surface area contributed by atoms with Gasteiger partial charge in [-0.2, -0.15) is 5.10 Å². The lowest BCUT2D eigenvalue weighted by atomic mass is 10.1. The molecule has 0 saturated heterocycles. The van der Waals surface area contributed by atoms with Crippen LogP contribution in [-0.4, -0.2) is 39.2 Å². The van der Waals surface area contributed by atoms with E-state index in [0.717, 1.165) is 22.8 Å². The molecule has 1 aliphatic carbocycles. The second-order valence-electron chi connectivity index (χ2n) is 9.49. The molecule has 1 fully saturated rings. The van der Waals surface area contributed by atoms with Gasteiger partial charge in [0.05, 0.1) is 28.0 Å². The third-order valence-electron chi connectivity index (χ3n) is 5.55. The summed E-state index contributed by atoms with van der Waals surface area (Å²) in [5.41, 5.74) is 7.76.